The number of likely N-dealkylation sites (N-methyl/N-ethyl adjacent to an activating group) is 2. The molecule has 5 heteroatoms. The maximum Gasteiger partial charge on any atom is 0.493 e. The first-order valence-corrected chi connectivity index (χ1v) is 8.01. The first-order chi connectivity index (χ1) is 10.4. The first kappa shape index (κ1) is 17.5. The van der Waals surface area contributed by atoms with Crippen molar-refractivity contribution in [3.05, 3.63) is 29.8 Å². The van der Waals surface area contributed by atoms with Crippen molar-refractivity contribution >= 4 is 12.6 Å². The van der Waals surface area contributed by atoms with Gasteiger partial charge in [-0.1, -0.05) is 38.1 Å². The van der Waals surface area contributed by atoms with Crippen molar-refractivity contribution in [1.29, 1.82) is 0 Å². The van der Waals surface area contributed by atoms with Gasteiger partial charge in [0.1, 0.15) is 0 Å². The second kappa shape index (κ2) is 7.60. The molecule has 1 heterocycles. The van der Waals surface area contributed by atoms with Gasteiger partial charge in [-0.05, 0) is 32.2 Å². The molecule has 0 aromatic heterocycles. The van der Waals surface area contributed by atoms with E-state index in [2.05, 4.69) is 69.1 Å². The summed E-state index contributed by atoms with van der Waals surface area (Å²) in [6.07, 6.45) is 0. The van der Waals surface area contributed by atoms with Crippen molar-refractivity contribution in [1.82, 2.24) is 9.80 Å². The fourth-order valence-corrected chi connectivity index (χ4v) is 2.48. The lowest BCUT2D eigenvalue weighted by Crippen LogP contribution is -2.47. The van der Waals surface area contributed by atoms with Gasteiger partial charge in [0.2, 0.25) is 0 Å². The molecule has 122 valence electrons. The third-order valence-electron chi connectivity index (χ3n) is 3.86. The van der Waals surface area contributed by atoms with Crippen molar-refractivity contribution in [3.8, 4) is 0 Å². The van der Waals surface area contributed by atoms with Crippen molar-refractivity contribution in [2.24, 2.45) is 5.41 Å². The molecule has 0 bridgehead atoms. The monoisotopic (exact) mass is 304 g/mol. The zero-order valence-electron chi connectivity index (χ0n) is 14.6. The number of hydrogen-bond donors (Lipinski definition) is 0. The molecule has 0 spiro atoms. The fraction of sp³-hybridized carbons (Fsp3) is 0.647. The molecule has 4 nitrogen and oxygen atoms in total. The molecule has 1 saturated heterocycles. The number of rotatable bonds is 6. The molecular weight excluding hydrogens is 275 g/mol. The Morgan fingerprint density at radius 3 is 2.41 bits per heavy atom. The van der Waals surface area contributed by atoms with Crippen LogP contribution < -0.4 is 5.46 Å². The maximum absolute atomic E-state index is 5.88. The van der Waals surface area contributed by atoms with Crippen LogP contribution in [0.3, 0.4) is 0 Å². The second-order valence-corrected chi connectivity index (χ2v) is 7.40. The van der Waals surface area contributed by atoms with Crippen LogP contribution in [0.15, 0.2) is 24.3 Å². The van der Waals surface area contributed by atoms with Crippen LogP contribution in [0, 0.1) is 5.41 Å². The Morgan fingerprint density at radius 1 is 1.09 bits per heavy atom. The van der Waals surface area contributed by atoms with Crippen LogP contribution in [0.2, 0.25) is 0 Å². The minimum Gasteiger partial charge on any atom is -0.407 e. The molecule has 1 aliphatic rings. The summed E-state index contributed by atoms with van der Waals surface area (Å²) in [4.78, 5) is 4.54. The molecule has 22 heavy (non-hydrogen) atoms. The standard InChI is InChI=1S/C17H29BN2O2/c1-17(2)13-21-18(22-14-17)16-8-6-7-15(11-16)12-20(5)10-9-19(3)4/h6-8,11H,9-10,12-14H2,1-5H3. The zero-order valence-corrected chi connectivity index (χ0v) is 14.6. The lowest BCUT2D eigenvalue weighted by atomic mass is 9.75. The van der Waals surface area contributed by atoms with Crippen LogP contribution in [-0.4, -0.2) is 64.4 Å². The molecule has 1 aliphatic heterocycles. The van der Waals surface area contributed by atoms with Gasteiger partial charge < -0.3 is 19.1 Å². The summed E-state index contributed by atoms with van der Waals surface area (Å²) in [5, 5.41) is 0. The van der Waals surface area contributed by atoms with Crippen molar-refractivity contribution < 1.29 is 9.31 Å². The fourth-order valence-electron chi connectivity index (χ4n) is 2.48. The molecular formula is C17H29BN2O2. The normalized spacial score (nSPS) is 18.2. The summed E-state index contributed by atoms with van der Waals surface area (Å²) in [7, 11) is 6.15. The third-order valence-corrected chi connectivity index (χ3v) is 3.86. The summed E-state index contributed by atoms with van der Waals surface area (Å²) < 4.78 is 11.8. The van der Waals surface area contributed by atoms with Crippen LogP contribution in [-0.2, 0) is 15.9 Å². The lowest BCUT2D eigenvalue weighted by Gasteiger charge is -2.33. The van der Waals surface area contributed by atoms with E-state index in [1.165, 1.54) is 5.56 Å². The highest BCUT2D eigenvalue weighted by molar-refractivity contribution is 6.61. The molecule has 2 rings (SSSR count). The highest BCUT2D eigenvalue weighted by Gasteiger charge is 2.33. The van der Waals surface area contributed by atoms with Crippen LogP contribution in [0.4, 0.5) is 0 Å². The van der Waals surface area contributed by atoms with E-state index in [1.54, 1.807) is 0 Å². The summed E-state index contributed by atoms with van der Waals surface area (Å²) in [5.74, 6) is 0. The largest absolute Gasteiger partial charge is 0.493 e. The minimum atomic E-state index is -0.222. The Balaban J connectivity index is 1.92. The molecule has 0 atom stereocenters. The van der Waals surface area contributed by atoms with Gasteiger partial charge in [-0.25, -0.2) is 0 Å². The van der Waals surface area contributed by atoms with E-state index in [0.29, 0.717) is 0 Å². The first-order valence-electron chi connectivity index (χ1n) is 8.01. The highest BCUT2D eigenvalue weighted by Crippen LogP contribution is 2.21. The molecule has 0 amide bonds. The summed E-state index contributed by atoms with van der Waals surface area (Å²) >= 11 is 0. The van der Waals surface area contributed by atoms with Gasteiger partial charge in [-0.15, -0.1) is 0 Å². The van der Waals surface area contributed by atoms with Crippen LogP contribution in [0.1, 0.15) is 19.4 Å². The second-order valence-electron chi connectivity index (χ2n) is 7.40. The van der Waals surface area contributed by atoms with Crippen LogP contribution in [0.5, 0.6) is 0 Å². The van der Waals surface area contributed by atoms with Crippen molar-refractivity contribution in [3.63, 3.8) is 0 Å². The van der Waals surface area contributed by atoms with Crippen molar-refractivity contribution in [2.75, 3.05) is 47.4 Å². The molecule has 1 aromatic rings. The van der Waals surface area contributed by atoms with Gasteiger partial charge in [0.15, 0.2) is 0 Å². The number of nitrogens with zero attached hydrogens (tertiary/aromatic N) is 2. The third kappa shape index (κ3) is 5.40. The molecule has 0 N–H and O–H groups in total. The Kier molecular flexibility index (Phi) is 6.04. The van der Waals surface area contributed by atoms with E-state index in [9.17, 15) is 0 Å². The predicted octanol–water partition coefficient (Wildman–Crippen LogP) is 1.45. The van der Waals surface area contributed by atoms with Crippen LogP contribution in [0.25, 0.3) is 0 Å². The van der Waals surface area contributed by atoms with Crippen LogP contribution >= 0.6 is 0 Å². The number of benzene rings is 1. The topological polar surface area (TPSA) is 24.9 Å². The molecule has 1 aromatic carbocycles. The van der Waals surface area contributed by atoms with Gasteiger partial charge in [-0.2, -0.15) is 0 Å². The van der Waals surface area contributed by atoms with E-state index in [1.807, 2.05) is 0 Å². The average Bonchev–Trinajstić information content (AvgIpc) is 2.45. The summed E-state index contributed by atoms with van der Waals surface area (Å²) in [5.41, 5.74) is 2.53. The van der Waals surface area contributed by atoms with E-state index in [0.717, 1.165) is 38.3 Å². The Bertz CT molecular complexity index is 469. The smallest absolute Gasteiger partial charge is 0.407 e. The highest BCUT2D eigenvalue weighted by atomic mass is 16.6. The molecule has 1 fully saturated rings. The van der Waals surface area contributed by atoms with Gasteiger partial charge in [0.25, 0.3) is 0 Å². The van der Waals surface area contributed by atoms with Crippen molar-refractivity contribution in [2.45, 2.75) is 20.4 Å². The van der Waals surface area contributed by atoms with Gasteiger partial charge >= 0.3 is 7.12 Å². The molecule has 0 saturated carbocycles. The molecule has 0 radical (unpaired) electrons. The van der Waals surface area contributed by atoms with Gasteiger partial charge in [-0.3, -0.25) is 0 Å². The summed E-state index contributed by atoms with van der Waals surface area (Å²) in [6, 6.07) is 8.56. The van der Waals surface area contributed by atoms with Gasteiger partial charge in [0, 0.05) is 38.3 Å². The van der Waals surface area contributed by atoms with E-state index < -0.39 is 0 Å². The quantitative estimate of drug-likeness (QED) is 0.743. The number of hydrogen-bond acceptors (Lipinski definition) is 4. The average molecular weight is 304 g/mol. The molecule has 0 unspecified atom stereocenters. The van der Waals surface area contributed by atoms with Gasteiger partial charge in [0.05, 0.1) is 0 Å². The maximum atomic E-state index is 5.88. The zero-order chi connectivity index (χ0) is 16.2. The Morgan fingerprint density at radius 2 is 1.77 bits per heavy atom. The van der Waals surface area contributed by atoms with E-state index >= 15 is 0 Å². The Labute approximate surface area is 135 Å². The van der Waals surface area contributed by atoms with E-state index in [-0.39, 0.29) is 12.5 Å². The lowest BCUT2D eigenvalue weighted by molar-refractivity contribution is 0.0343. The Hall–Kier alpha value is -0.875. The SMILES string of the molecule is CN(C)CCN(C)Cc1cccc(B2OCC(C)(C)CO2)c1. The molecule has 0 aliphatic carbocycles. The van der Waals surface area contributed by atoms with E-state index in [4.69, 9.17) is 9.31 Å². The summed E-state index contributed by atoms with van der Waals surface area (Å²) in [6.45, 7) is 8.88. The minimum absolute atomic E-state index is 0.112. The predicted molar refractivity (Wildman–Crippen MR) is 92.4 cm³/mol.